The highest BCUT2D eigenvalue weighted by Gasteiger charge is 2.42. The van der Waals surface area contributed by atoms with Gasteiger partial charge in [0, 0.05) is 29.3 Å². The zero-order valence-electron chi connectivity index (χ0n) is 15.1. The highest BCUT2D eigenvalue weighted by molar-refractivity contribution is 6.10. The fraction of sp³-hybridized carbons (Fsp3) is 0.650. The van der Waals surface area contributed by atoms with Crippen LogP contribution in [-0.2, 0) is 5.41 Å². The van der Waals surface area contributed by atoms with Crippen molar-refractivity contribution in [3.05, 3.63) is 28.3 Å². The molecule has 23 heavy (non-hydrogen) atoms. The van der Waals surface area contributed by atoms with E-state index < -0.39 is 0 Å². The van der Waals surface area contributed by atoms with Gasteiger partial charge in [-0.15, -0.1) is 12.4 Å². The zero-order valence-corrected chi connectivity index (χ0v) is 15.9. The second-order valence-corrected chi connectivity index (χ2v) is 7.99. The van der Waals surface area contributed by atoms with Crippen LogP contribution in [0.5, 0.6) is 5.75 Å². The molecule has 1 aromatic rings. The van der Waals surface area contributed by atoms with Crippen molar-refractivity contribution >= 4 is 18.1 Å². The predicted molar refractivity (Wildman–Crippen MR) is 101 cm³/mol. The molecule has 0 amide bonds. The minimum Gasteiger partial charge on any atom is -0.507 e. The second kappa shape index (κ2) is 6.47. The van der Waals surface area contributed by atoms with Crippen LogP contribution in [0.25, 0.3) is 0 Å². The van der Waals surface area contributed by atoms with E-state index in [4.69, 9.17) is 4.99 Å². The average molecular weight is 336 g/mol. The SMILES string of the molecule is CCN=C1c2c(O)c(C(C)(C)C)cc(C)c2C2CCCCC12.Cl. The van der Waals surface area contributed by atoms with Crippen LogP contribution < -0.4 is 0 Å². The number of benzene rings is 1. The predicted octanol–water partition coefficient (Wildman–Crippen LogP) is 5.52. The van der Waals surface area contributed by atoms with Gasteiger partial charge in [-0.3, -0.25) is 4.99 Å². The summed E-state index contributed by atoms with van der Waals surface area (Å²) in [6.45, 7) is 11.6. The molecule has 0 bridgehead atoms. The molecule has 3 rings (SSSR count). The van der Waals surface area contributed by atoms with E-state index in [1.165, 1.54) is 42.5 Å². The van der Waals surface area contributed by atoms with Crippen LogP contribution in [0.15, 0.2) is 11.1 Å². The molecule has 2 atom stereocenters. The fourth-order valence-corrected chi connectivity index (χ4v) is 4.49. The van der Waals surface area contributed by atoms with E-state index in [-0.39, 0.29) is 17.8 Å². The Labute approximate surface area is 146 Å². The first-order chi connectivity index (χ1) is 10.4. The lowest BCUT2D eigenvalue weighted by atomic mass is 9.78. The summed E-state index contributed by atoms with van der Waals surface area (Å²) in [7, 11) is 0. The number of aryl methyl sites for hydroxylation is 1. The molecule has 0 aromatic heterocycles. The molecule has 0 spiro atoms. The van der Waals surface area contributed by atoms with Gasteiger partial charge in [-0.1, -0.05) is 39.7 Å². The Morgan fingerprint density at radius 2 is 1.78 bits per heavy atom. The van der Waals surface area contributed by atoms with Crippen LogP contribution in [0, 0.1) is 12.8 Å². The van der Waals surface area contributed by atoms with Crippen molar-refractivity contribution < 1.29 is 5.11 Å². The van der Waals surface area contributed by atoms with Gasteiger partial charge in [0.2, 0.25) is 0 Å². The second-order valence-electron chi connectivity index (χ2n) is 7.99. The molecule has 2 unspecified atom stereocenters. The Morgan fingerprint density at radius 1 is 1.17 bits per heavy atom. The first kappa shape index (κ1) is 18.3. The lowest BCUT2D eigenvalue weighted by Gasteiger charge is -2.27. The summed E-state index contributed by atoms with van der Waals surface area (Å²) >= 11 is 0. The van der Waals surface area contributed by atoms with Crippen molar-refractivity contribution in [3.8, 4) is 5.75 Å². The molecule has 3 heteroatoms. The van der Waals surface area contributed by atoms with Crippen LogP contribution in [-0.4, -0.2) is 17.4 Å². The Bertz CT molecular complexity index is 628. The number of halogens is 1. The van der Waals surface area contributed by atoms with Crippen molar-refractivity contribution in [1.29, 1.82) is 0 Å². The number of phenolic OH excluding ortho intramolecular Hbond substituents is 1. The standard InChI is InChI=1S/C20H29NO.ClH/c1-6-21-18-14-10-8-7-9-13(14)16-12(2)11-15(20(3,4)5)19(22)17(16)18;/h11,13-14,22H,6-10H2,1-5H3;1H. The Morgan fingerprint density at radius 3 is 2.35 bits per heavy atom. The summed E-state index contributed by atoms with van der Waals surface area (Å²) < 4.78 is 0. The van der Waals surface area contributed by atoms with Crippen LogP contribution in [0.4, 0.5) is 0 Å². The average Bonchev–Trinajstić information content (AvgIpc) is 2.78. The van der Waals surface area contributed by atoms with E-state index in [1.807, 2.05) is 0 Å². The first-order valence-corrected chi connectivity index (χ1v) is 8.78. The molecule has 2 nitrogen and oxygen atoms in total. The van der Waals surface area contributed by atoms with Crippen LogP contribution in [0.1, 0.15) is 81.5 Å². The molecule has 2 aliphatic carbocycles. The molecule has 0 aliphatic heterocycles. The van der Waals surface area contributed by atoms with Crippen molar-refractivity contribution in [1.82, 2.24) is 0 Å². The maximum atomic E-state index is 11.0. The summed E-state index contributed by atoms with van der Waals surface area (Å²) in [4.78, 5) is 4.83. The molecule has 1 N–H and O–H groups in total. The number of hydrogen-bond donors (Lipinski definition) is 1. The van der Waals surface area contributed by atoms with Gasteiger partial charge in [-0.05, 0) is 49.1 Å². The summed E-state index contributed by atoms with van der Waals surface area (Å²) in [5.74, 6) is 1.60. The Balaban J connectivity index is 0.00000192. The van der Waals surface area contributed by atoms with Gasteiger partial charge in [-0.25, -0.2) is 0 Å². The van der Waals surface area contributed by atoms with E-state index in [0.29, 0.717) is 17.6 Å². The maximum absolute atomic E-state index is 11.0. The summed E-state index contributed by atoms with van der Waals surface area (Å²) in [6.07, 6.45) is 5.07. The Kier molecular flexibility index (Phi) is 5.15. The minimum absolute atomic E-state index is 0. The van der Waals surface area contributed by atoms with Gasteiger partial charge in [0.25, 0.3) is 0 Å². The molecule has 0 radical (unpaired) electrons. The van der Waals surface area contributed by atoms with E-state index >= 15 is 0 Å². The zero-order chi connectivity index (χ0) is 16.1. The number of aromatic hydroxyl groups is 1. The third-order valence-corrected chi connectivity index (χ3v) is 5.43. The number of hydrogen-bond acceptors (Lipinski definition) is 2. The molecular weight excluding hydrogens is 306 g/mol. The van der Waals surface area contributed by atoms with Crippen LogP contribution in [0.2, 0.25) is 0 Å². The monoisotopic (exact) mass is 335 g/mol. The van der Waals surface area contributed by atoms with Crippen LogP contribution in [0.3, 0.4) is 0 Å². The molecule has 2 aliphatic rings. The maximum Gasteiger partial charge on any atom is 0.128 e. The Hall–Kier alpha value is -1.02. The van der Waals surface area contributed by atoms with Gasteiger partial charge in [0.1, 0.15) is 5.75 Å². The largest absolute Gasteiger partial charge is 0.507 e. The smallest absolute Gasteiger partial charge is 0.128 e. The quantitative estimate of drug-likeness (QED) is 0.720. The lowest BCUT2D eigenvalue weighted by Crippen LogP contribution is -2.19. The first-order valence-electron chi connectivity index (χ1n) is 8.78. The van der Waals surface area contributed by atoms with Gasteiger partial charge in [0.05, 0.1) is 0 Å². The summed E-state index contributed by atoms with van der Waals surface area (Å²) in [5.41, 5.74) is 6.02. The van der Waals surface area contributed by atoms with E-state index in [1.54, 1.807) is 0 Å². The normalized spacial score (nSPS) is 25.0. The number of fused-ring (bicyclic) bond motifs is 3. The van der Waals surface area contributed by atoms with Gasteiger partial charge in [0.15, 0.2) is 0 Å². The highest BCUT2D eigenvalue weighted by atomic mass is 35.5. The number of aliphatic imine (C=N–C) groups is 1. The van der Waals surface area contributed by atoms with E-state index in [9.17, 15) is 5.11 Å². The fourth-order valence-electron chi connectivity index (χ4n) is 4.49. The molecule has 128 valence electrons. The van der Waals surface area contributed by atoms with E-state index in [0.717, 1.165) is 17.7 Å². The molecule has 1 fully saturated rings. The summed E-state index contributed by atoms with van der Waals surface area (Å²) in [6, 6.07) is 2.22. The van der Waals surface area contributed by atoms with Crippen LogP contribution >= 0.6 is 12.4 Å². The number of nitrogens with zero attached hydrogens (tertiary/aromatic N) is 1. The van der Waals surface area contributed by atoms with Gasteiger partial charge in [-0.2, -0.15) is 0 Å². The third-order valence-electron chi connectivity index (χ3n) is 5.43. The van der Waals surface area contributed by atoms with Gasteiger partial charge < -0.3 is 5.11 Å². The number of rotatable bonds is 1. The highest BCUT2D eigenvalue weighted by Crippen LogP contribution is 2.52. The van der Waals surface area contributed by atoms with Crippen molar-refractivity contribution in [2.24, 2.45) is 10.9 Å². The van der Waals surface area contributed by atoms with Crippen molar-refractivity contribution in [2.45, 2.75) is 71.6 Å². The number of phenols is 1. The third kappa shape index (κ3) is 2.91. The molecular formula is C20H30ClNO. The van der Waals surface area contributed by atoms with Crippen molar-refractivity contribution in [3.63, 3.8) is 0 Å². The van der Waals surface area contributed by atoms with Gasteiger partial charge >= 0.3 is 0 Å². The summed E-state index contributed by atoms with van der Waals surface area (Å²) in [5, 5.41) is 11.0. The minimum atomic E-state index is -0.0467. The molecule has 1 saturated carbocycles. The lowest BCUT2D eigenvalue weighted by molar-refractivity contribution is 0.391. The topological polar surface area (TPSA) is 32.6 Å². The van der Waals surface area contributed by atoms with E-state index in [2.05, 4.69) is 40.7 Å². The van der Waals surface area contributed by atoms with Crippen molar-refractivity contribution in [2.75, 3.05) is 6.54 Å². The molecule has 0 saturated heterocycles. The molecule has 0 heterocycles. The molecule has 1 aromatic carbocycles.